The maximum atomic E-state index is 12.4. The van der Waals surface area contributed by atoms with Gasteiger partial charge >= 0.3 is 6.36 Å². The van der Waals surface area contributed by atoms with Crippen LogP contribution in [0.5, 0.6) is 11.5 Å². The molecule has 0 spiro atoms. The first-order valence-electron chi connectivity index (χ1n) is 21.2. The Morgan fingerprint density at radius 1 is 0.540 bits per heavy atom. The van der Waals surface area contributed by atoms with Gasteiger partial charge in [0.25, 0.3) is 0 Å². The van der Waals surface area contributed by atoms with Crippen molar-refractivity contribution in [2.75, 3.05) is 7.11 Å². The summed E-state index contributed by atoms with van der Waals surface area (Å²) in [4.78, 5) is 16.6. The number of imidazole rings is 2. The van der Waals surface area contributed by atoms with Gasteiger partial charge in [0.05, 0.1) is 40.4 Å². The first-order valence-corrected chi connectivity index (χ1v) is 21.2. The highest BCUT2D eigenvalue weighted by Gasteiger charge is 2.43. The van der Waals surface area contributed by atoms with Crippen molar-refractivity contribution in [1.29, 1.82) is 0 Å². The van der Waals surface area contributed by atoms with Gasteiger partial charge in [-0.3, -0.25) is 0 Å². The first kappa shape index (κ1) is 41.9. The van der Waals surface area contributed by atoms with Crippen LogP contribution in [0.1, 0.15) is 98.1 Å². The third kappa shape index (κ3) is 9.07. The average Bonchev–Trinajstić information content (AvgIpc) is 4.15. The van der Waals surface area contributed by atoms with Gasteiger partial charge in [-0.2, -0.15) is 0 Å². The average molecular weight is 851 g/mol. The van der Waals surface area contributed by atoms with E-state index in [4.69, 9.17) is 14.7 Å². The fraction of sp³-hybridized carbons (Fsp3) is 0.269. The molecule has 0 aliphatic heterocycles. The summed E-state index contributed by atoms with van der Waals surface area (Å²) in [6, 6.07) is 42.5. The van der Waals surface area contributed by atoms with Crippen LogP contribution in [-0.4, -0.2) is 43.6 Å². The van der Waals surface area contributed by atoms with E-state index in [1.807, 2.05) is 86.6 Å². The number of hydrogen-bond acceptors (Lipinski definition) is 6. The minimum Gasteiger partial charge on any atom is -0.497 e. The van der Waals surface area contributed by atoms with Crippen molar-refractivity contribution < 1.29 is 32.9 Å². The van der Waals surface area contributed by atoms with Gasteiger partial charge in [-0.1, -0.05) is 84.9 Å². The van der Waals surface area contributed by atoms with E-state index in [9.17, 15) is 23.4 Å². The molecule has 63 heavy (non-hydrogen) atoms. The molecule has 8 aromatic rings. The normalized spacial score (nSPS) is 18.5. The highest BCUT2D eigenvalue weighted by atomic mass is 19.4. The van der Waals surface area contributed by atoms with E-state index in [-0.39, 0.29) is 17.6 Å². The minimum absolute atomic E-state index is 0.193. The fourth-order valence-corrected chi connectivity index (χ4v) is 8.78. The quantitative estimate of drug-likeness (QED) is 0.109. The van der Waals surface area contributed by atoms with Crippen LogP contribution in [0.15, 0.2) is 133 Å². The molecule has 2 aliphatic carbocycles. The lowest BCUT2D eigenvalue weighted by atomic mass is 9.89. The topological polar surface area (TPSA) is 116 Å². The minimum atomic E-state index is -4.69. The summed E-state index contributed by atoms with van der Waals surface area (Å²) >= 11 is 0. The van der Waals surface area contributed by atoms with Crippen LogP contribution >= 0.6 is 0 Å². The molecule has 10 rings (SSSR count). The maximum absolute atomic E-state index is 12.4. The van der Waals surface area contributed by atoms with Crippen LogP contribution < -0.4 is 9.47 Å². The molecule has 322 valence electrons. The Balaban J connectivity index is 0.000000161. The molecule has 11 heteroatoms. The zero-order chi connectivity index (χ0) is 44.3. The molecular formula is C52H49F3N4O4. The zero-order valence-electron chi connectivity index (χ0n) is 35.7. The predicted octanol–water partition coefficient (Wildman–Crippen LogP) is 12.4. The molecule has 4 unspecified atom stereocenters. The number of aromatic amines is 2. The molecule has 2 fully saturated rings. The van der Waals surface area contributed by atoms with E-state index in [2.05, 4.69) is 51.1 Å². The lowest BCUT2D eigenvalue weighted by Crippen LogP contribution is -2.17. The van der Waals surface area contributed by atoms with Crippen molar-refractivity contribution in [2.45, 2.75) is 81.8 Å². The molecule has 2 heterocycles. The highest BCUT2D eigenvalue weighted by molar-refractivity contribution is 5.84. The standard InChI is InChI=1S/C26H23F3N2O2.C26H26N2O2/c1-25(2,32)21-6-4-3-5-18(21)16-9-12-22-23(13-16)31-24(30-22)20-14-19(20)15-7-10-17(11-8-15)33-26(27,28)29;1-26(2,29)22-7-5-4-6-19(22)17-10-13-23-24(14-17)28-25(27-23)21-15-20(21)16-8-11-18(30-3)12-9-16/h3-13,19-20,32H,14H2,1-2H3,(H,30,31);4-14,20-21,29H,15H2,1-3H3,(H,27,28). The van der Waals surface area contributed by atoms with E-state index in [0.29, 0.717) is 11.8 Å². The van der Waals surface area contributed by atoms with E-state index in [1.165, 1.54) is 17.7 Å². The summed E-state index contributed by atoms with van der Waals surface area (Å²) in [7, 11) is 1.69. The summed E-state index contributed by atoms with van der Waals surface area (Å²) < 4.78 is 46.3. The number of methoxy groups -OCH3 is 1. The Morgan fingerprint density at radius 3 is 1.35 bits per heavy atom. The monoisotopic (exact) mass is 850 g/mol. The number of H-pyrrole nitrogens is 2. The number of fused-ring (bicyclic) bond motifs is 2. The number of halogens is 3. The van der Waals surface area contributed by atoms with Crippen molar-refractivity contribution in [3.8, 4) is 33.8 Å². The summed E-state index contributed by atoms with van der Waals surface area (Å²) in [5.74, 6) is 3.94. The van der Waals surface area contributed by atoms with Crippen LogP contribution in [0.3, 0.4) is 0 Å². The number of aromatic nitrogens is 4. The molecule has 8 nitrogen and oxygen atoms in total. The van der Waals surface area contributed by atoms with Crippen molar-refractivity contribution >= 4 is 22.1 Å². The van der Waals surface area contributed by atoms with E-state index >= 15 is 0 Å². The molecule has 2 aliphatic rings. The molecule has 2 aromatic heterocycles. The van der Waals surface area contributed by atoms with Gasteiger partial charge in [0.2, 0.25) is 0 Å². The molecule has 6 aromatic carbocycles. The Bertz CT molecular complexity index is 2910. The molecule has 0 radical (unpaired) electrons. The molecule has 2 saturated carbocycles. The fourth-order valence-electron chi connectivity index (χ4n) is 8.78. The molecule has 0 saturated heterocycles. The number of nitrogens with zero attached hydrogens (tertiary/aromatic N) is 2. The number of hydrogen-bond donors (Lipinski definition) is 4. The SMILES string of the molecule is CC(C)(O)c1ccccc1-c1ccc2nc(C3CC3c3ccc(OC(F)(F)F)cc3)[nH]c2c1.COc1ccc(C2CC2c2nc3ccc(-c4ccccc4C(C)(C)O)cc3[nH]2)cc1. The summed E-state index contributed by atoms with van der Waals surface area (Å²) in [5, 5.41) is 21.1. The highest BCUT2D eigenvalue weighted by Crippen LogP contribution is 2.55. The summed E-state index contributed by atoms with van der Waals surface area (Å²) in [6.07, 6.45) is -2.70. The molecule has 4 N–H and O–H groups in total. The summed E-state index contributed by atoms with van der Waals surface area (Å²) in [5.41, 5.74) is 10.1. The molecule has 0 amide bonds. The third-order valence-corrected chi connectivity index (χ3v) is 12.2. The van der Waals surface area contributed by atoms with Gasteiger partial charge < -0.3 is 29.7 Å². The van der Waals surface area contributed by atoms with Gasteiger partial charge in [-0.25, -0.2) is 9.97 Å². The Kier molecular flexibility index (Phi) is 10.7. The Labute approximate surface area is 363 Å². The van der Waals surface area contributed by atoms with E-state index < -0.39 is 17.6 Å². The van der Waals surface area contributed by atoms with Crippen LogP contribution in [0.2, 0.25) is 0 Å². The molecular weight excluding hydrogens is 802 g/mol. The van der Waals surface area contributed by atoms with Gasteiger partial charge in [0, 0.05) is 11.8 Å². The van der Waals surface area contributed by atoms with E-state index in [0.717, 1.165) is 91.3 Å². The van der Waals surface area contributed by atoms with Crippen LogP contribution in [0, 0.1) is 0 Å². The number of nitrogens with one attached hydrogen (secondary N) is 2. The van der Waals surface area contributed by atoms with Gasteiger partial charge in [0.1, 0.15) is 23.1 Å². The molecule has 0 bridgehead atoms. The summed E-state index contributed by atoms with van der Waals surface area (Å²) in [6.45, 7) is 7.19. The van der Waals surface area contributed by atoms with E-state index in [1.54, 1.807) is 33.1 Å². The molecule has 4 atom stereocenters. The predicted molar refractivity (Wildman–Crippen MR) is 240 cm³/mol. The van der Waals surface area contributed by atoms with Gasteiger partial charge in [-0.15, -0.1) is 13.2 Å². The second-order valence-electron chi connectivity index (χ2n) is 17.7. The van der Waals surface area contributed by atoms with Crippen molar-refractivity contribution in [3.63, 3.8) is 0 Å². The van der Waals surface area contributed by atoms with Gasteiger partial charge in [-0.05, 0) is 145 Å². The van der Waals surface area contributed by atoms with Crippen molar-refractivity contribution in [2.24, 2.45) is 0 Å². The van der Waals surface area contributed by atoms with Crippen molar-refractivity contribution in [3.05, 3.63) is 167 Å². The number of alkyl halides is 3. The third-order valence-electron chi connectivity index (χ3n) is 12.2. The van der Waals surface area contributed by atoms with Gasteiger partial charge in [0.15, 0.2) is 0 Å². The Morgan fingerprint density at radius 2 is 0.952 bits per heavy atom. The first-order chi connectivity index (χ1) is 30.0. The van der Waals surface area contributed by atoms with Crippen LogP contribution in [0.25, 0.3) is 44.3 Å². The second kappa shape index (κ2) is 16.0. The number of aliphatic hydroxyl groups is 2. The number of ether oxygens (including phenoxy) is 2. The lowest BCUT2D eigenvalue weighted by Gasteiger charge is -2.21. The second-order valence-corrected chi connectivity index (χ2v) is 17.7. The maximum Gasteiger partial charge on any atom is 0.573 e. The van der Waals surface area contributed by atoms with Crippen LogP contribution in [-0.2, 0) is 11.2 Å². The lowest BCUT2D eigenvalue weighted by molar-refractivity contribution is -0.274. The van der Waals surface area contributed by atoms with Crippen LogP contribution in [0.4, 0.5) is 13.2 Å². The zero-order valence-corrected chi connectivity index (χ0v) is 35.7. The van der Waals surface area contributed by atoms with Crippen molar-refractivity contribution in [1.82, 2.24) is 19.9 Å². The number of rotatable bonds is 10. The largest absolute Gasteiger partial charge is 0.573 e. The Hall–Kier alpha value is -6.43. The smallest absolute Gasteiger partial charge is 0.497 e. The number of benzene rings is 6.